The molecule has 2 heterocycles. The van der Waals surface area contributed by atoms with E-state index < -0.39 is 0 Å². The van der Waals surface area contributed by atoms with Crippen molar-refractivity contribution in [3.63, 3.8) is 0 Å². The summed E-state index contributed by atoms with van der Waals surface area (Å²) < 4.78 is 0. The number of amidine groups is 2. The van der Waals surface area contributed by atoms with Gasteiger partial charge in [0, 0.05) is 35.2 Å². The minimum atomic E-state index is -0.204. The first-order valence-electron chi connectivity index (χ1n) is 17.0. The van der Waals surface area contributed by atoms with Gasteiger partial charge in [0.2, 0.25) is 0 Å². The average molecular weight is 649 g/mol. The molecule has 1 aliphatic carbocycles. The van der Waals surface area contributed by atoms with Crippen molar-refractivity contribution >= 4 is 17.2 Å². The largest absolute Gasteiger partial charge is 0.333 e. The molecular weight excluding hydrogens is 613 g/mol. The monoisotopic (exact) mass is 648 g/mol. The highest BCUT2D eigenvalue weighted by atomic mass is 15.3. The van der Waals surface area contributed by atoms with Crippen LogP contribution in [0.2, 0.25) is 0 Å². The molecule has 1 aromatic heterocycles. The number of benzene rings is 5. The Morgan fingerprint density at radius 1 is 0.560 bits per heavy atom. The second kappa shape index (κ2) is 13.7. The Morgan fingerprint density at radius 2 is 1.10 bits per heavy atom. The number of hydrogen-bond donors (Lipinski definition) is 0. The fraction of sp³-hybridized carbons (Fsp3) is 0.114. The predicted molar refractivity (Wildman–Crippen MR) is 203 cm³/mol. The molecular formula is C44H36N6. The summed E-state index contributed by atoms with van der Waals surface area (Å²) in [6.45, 7) is 2.25. The lowest BCUT2D eigenvalue weighted by Gasteiger charge is -2.32. The van der Waals surface area contributed by atoms with Gasteiger partial charge in [0.15, 0.2) is 17.5 Å². The van der Waals surface area contributed by atoms with Gasteiger partial charge in [-0.25, -0.2) is 24.9 Å². The molecule has 0 saturated carbocycles. The van der Waals surface area contributed by atoms with Crippen LogP contribution in [0.1, 0.15) is 47.1 Å². The van der Waals surface area contributed by atoms with Crippen LogP contribution < -0.4 is 0 Å². The zero-order valence-corrected chi connectivity index (χ0v) is 28.0. The number of aromatic nitrogens is 3. The van der Waals surface area contributed by atoms with Crippen LogP contribution >= 0.6 is 0 Å². The van der Waals surface area contributed by atoms with E-state index in [4.69, 9.17) is 24.9 Å². The van der Waals surface area contributed by atoms with Crippen molar-refractivity contribution in [1.82, 2.24) is 19.9 Å². The van der Waals surface area contributed by atoms with Crippen LogP contribution in [-0.4, -0.2) is 38.6 Å². The molecule has 242 valence electrons. The minimum Gasteiger partial charge on any atom is -0.333 e. The van der Waals surface area contributed by atoms with E-state index in [1.807, 2.05) is 84.9 Å². The van der Waals surface area contributed by atoms with Gasteiger partial charge in [-0.3, -0.25) is 0 Å². The molecule has 5 aromatic carbocycles. The van der Waals surface area contributed by atoms with E-state index in [-0.39, 0.29) is 18.0 Å². The lowest BCUT2D eigenvalue weighted by Crippen LogP contribution is -2.35. The van der Waals surface area contributed by atoms with E-state index >= 15 is 0 Å². The number of allylic oxidation sites excluding steroid dienone is 4. The molecule has 0 saturated heterocycles. The molecule has 0 bridgehead atoms. The number of aliphatic imine (C=N–C) groups is 2. The standard InChI is InChI=1S/C44H36N6/c1-30-37(27-16-28-38(30)42-46-39(31-17-7-3-8-18-31)45-40(47-42)32-19-9-4-10-20-32)35-25-15-26-36(29-35)41-48-43(33-21-11-5-12-22-33)50(2)44(49-41)34-23-13-6-14-24-34/h3-30,38,43H,1-2H3. The van der Waals surface area contributed by atoms with Crippen LogP contribution in [0.5, 0.6) is 0 Å². The van der Waals surface area contributed by atoms with E-state index in [1.54, 1.807) is 0 Å². The summed E-state index contributed by atoms with van der Waals surface area (Å²) >= 11 is 0. The van der Waals surface area contributed by atoms with Crippen molar-refractivity contribution in [3.8, 4) is 22.8 Å². The average Bonchev–Trinajstić information content (AvgIpc) is 3.19. The summed E-state index contributed by atoms with van der Waals surface area (Å²) in [5.74, 6) is 3.77. The highest BCUT2D eigenvalue weighted by molar-refractivity contribution is 6.13. The maximum absolute atomic E-state index is 5.22. The Morgan fingerprint density at radius 3 is 1.72 bits per heavy atom. The van der Waals surface area contributed by atoms with Crippen LogP contribution in [0.15, 0.2) is 174 Å². The number of hydrogen-bond acceptors (Lipinski definition) is 6. The van der Waals surface area contributed by atoms with Crippen LogP contribution in [0.4, 0.5) is 0 Å². The third kappa shape index (κ3) is 6.19. The summed E-state index contributed by atoms with van der Waals surface area (Å²) in [6.07, 6.45) is 6.34. The molecule has 0 spiro atoms. The normalized spacial score (nSPS) is 18.6. The molecule has 0 radical (unpaired) electrons. The van der Waals surface area contributed by atoms with Crippen molar-refractivity contribution in [2.24, 2.45) is 15.9 Å². The first-order chi connectivity index (χ1) is 24.6. The summed E-state index contributed by atoms with van der Waals surface area (Å²) in [5, 5.41) is 0. The third-order valence-electron chi connectivity index (χ3n) is 9.38. The molecule has 8 rings (SSSR count). The molecule has 0 fully saturated rings. The fourth-order valence-electron chi connectivity index (χ4n) is 6.72. The van der Waals surface area contributed by atoms with Gasteiger partial charge in [-0.1, -0.05) is 165 Å². The Hall–Kier alpha value is -6.27. The van der Waals surface area contributed by atoms with Gasteiger partial charge in [-0.05, 0) is 28.7 Å². The van der Waals surface area contributed by atoms with Gasteiger partial charge in [0.1, 0.15) is 17.8 Å². The smallest absolute Gasteiger partial charge is 0.163 e. The van der Waals surface area contributed by atoms with Crippen molar-refractivity contribution in [1.29, 1.82) is 0 Å². The molecule has 3 unspecified atom stereocenters. The summed E-state index contributed by atoms with van der Waals surface area (Å²) in [6, 6.07) is 49.6. The lowest BCUT2D eigenvalue weighted by molar-refractivity contribution is 0.383. The van der Waals surface area contributed by atoms with Crippen LogP contribution in [-0.2, 0) is 0 Å². The number of rotatable bonds is 7. The van der Waals surface area contributed by atoms with E-state index in [0.29, 0.717) is 17.5 Å². The lowest BCUT2D eigenvalue weighted by atomic mass is 9.79. The second-order valence-corrected chi connectivity index (χ2v) is 12.6. The highest BCUT2D eigenvalue weighted by Gasteiger charge is 2.29. The molecule has 2 aliphatic rings. The van der Waals surface area contributed by atoms with Crippen LogP contribution in [0, 0.1) is 5.92 Å². The Labute approximate surface area is 293 Å². The Kier molecular flexibility index (Phi) is 8.49. The molecule has 1 aliphatic heterocycles. The van der Waals surface area contributed by atoms with Gasteiger partial charge in [0.25, 0.3) is 0 Å². The third-order valence-corrected chi connectivity index (χ3v) is 9.38. The Balaban J connectivity index is 1.16. The first-order valence-corrected chi connectivity index (χ1v) is 17.0. The topological polar surface area (TPSA) is 66.6 Å². The maximum atomic E-state index is 5.22. The molecule has 3 atom stereocenters. The molecule has 0 amide bonds. The molecule has 6 nitrogen and oxygen atoms in total. The van der Waals surface area contributed by atoms with Gasteiger partial charge < -0.3 is 4.90 Å². The minimum absolute atomic E-state index is 0.0441. The second-order valence-electron chi connectivity index (χ2n) is 12.6. The van der Waals surface area contributed by atoms with E-state index in [0.717, 1.165) is 45.0 Å². The van der Waals surface area contributed by atoms with Gasteiger partial charge >= 0.3 is 0 Å². The van der Waals surface area contributed by atoms with Crippen molar-refractivity contribution in [3.05, 3.63) is 192 Å². The Bertz CT molecular complexity index is 2190. The van der Waals surface area contributed by atoms with Gasteiger partial charge in [-0.15, -0.1) is 0 Å². The summed E-state index contributed by atoms with van der Waals surface area (Å²) in [7, 11) is 2.06. The van der Waals surface area contributed by atoms with E-state index in [9.17, 15) is 0 Å². The quantitative estimate of drug-likeness (QED) is 0.173. The van der Waals surface area contributed by atoms with Crippen LogP contribution in [0.25, 0.3) is 28.3 Å². The maximum Gasteiger partial charge on any atom is 0.163 e. The van der Waals surface area contributed by atoms with Crippen molar-refractivity contribution in [2.75, 3.05) is 7.05 Å². The molecule has 6 aromatic rings. The number of nitrogens with zero attached hydrogens (tertiary/aromatic N) is 6. The zero-order chi connectivity index (χ0) is 33.9. The van der Waals surface area contributed by atoms with Crippen molar-refractivity contribution in [2.45, 2.75) is 19.0 Å². The zero-order valence-electron chi connectivity index (χ0n) is 28.0. The van der Waals surface area contributed by atoms with E-state index in [1.165, 1.54) is 5.57 Å². The molecule has 50 heavy (non-hydrogen) atoms. The summed E-state index contributed by atoms with van der Waals surface area (Å²) in [5.41, 5.74) is 7.41. The predicted octanol–water partition coefficient (Wildman–Crippen LogP) is 9.42. The van der Waals surface area contributed by atoms with Crippen LogP contribution in [0.3, 0.4) is 0 Å². The first kappa shape index (κ1) is 31.0. The summed E-state index contributed by atoms with van der Waals surface area (Å²) in [4.78, 5) is 27.6. The molecule has 0 N–H and O–H groups in total. The molecule has 6 heteroatoms. The van der Waals surface area contributed by atoms with Gasteiger partial charge in [0.05, 0.1) is 0 Å². The van der Waals surface area contributed by atoms with E-state index in [2.05, 4.69) is 97.8 Å². The fourth-order valence-corrected chi connectivity index (χ4v) is 6.72. The van der Waals surface area contributed by atoms with Crippen molar-refractivity contribution < 1.29 is 0 Å². The SMILES string of the molecule is CC1C(c2cccc(C3=NC(c4ccccc4)N(C)C(c4ccccc4)=N3)c2)=CC=CC1c1nc(-c2ccccc2)nc(-c2ccccc2)n1. The highest BCUT2D eigenvalue weighted by Crippen LogP contribution is 2.39. The van der Waals surface area contributed by atoms with Gasteiger partial charge in [-0.2, -0.15) is 0 Å².